The third kappa shape index (κ3) is 23.6. The van der Waals surface area contributed by atoms with E-state index in [0.29, 0.717) is 0 Å². The summed E-state index contributed by atoms with van der Waals surface area (Å²) in [6.07, 6.45) is 0. The summed E-state index contributed by atoms with van der Waals surface area (Å²) in [7, 11) is -0.000328. The number of rotatable bonds is 10. The molecule has 0 saturated carbocycles. The Bertz CT molecular complexity index is 3010. The lowest BCUT2D eigenvalue weighted by molar-refractivity contribution is 0.414. The van der Waals surface area contributed by atoms with E-state index in [2.05, 4.69) is 316 Å². The van der Waals surface area contributed by atoms with E-state index in [9.17, 15) is 0 Å². The van der Waals surface area contributed by atoms with Gasteiger partial charge < -0.3 is 28.1 Å². The highest BCUT2D eigenvalue weighted by Crippen LogP contribution is 2.33. The Hall–Kier alpha value is -6.01. The quantitative estimate of drug-likeness (QED) is 0.127. The fraction of sp³-hybridized carbons (Fsp3) is 0.455. The van der Waals surface area contributed by atoms with Crippen LogP contribution in [0.15, 0.2) is 182 Å². The molecule has 1 saturated heterocycles. The fourth-order valence-electron chi connectivity index (χ4n) is 10.2. The van der Waals surface area contributed by atoms with Gasteiger partial charge in [-0.2, -0.15) is 0 Å². The molecule has 0 atom stereocenters. The van der Waals surface area contributed by atoms with Crippen LogP contribution in [-0.4, -0.2) is 65.0 Å². The van der Waals surface area contributed by atoms with Gasteiger partial charge in [0.2, 0.25) is 0 Å². The van der Waals surface area contributed by atoms with Crippen molar-refractivity contribution in [2.75, 3.05) is 58.9 Å². The highest BCUT2D eigenvalue weighted by atomic mass is 28.4. The molecule has 1 aliphatic rings. The third-order valence-electron chi connectivity index (χ3n) is 15.6. The molecular formula is C77H116N4O2Si3. The van der Waals surface area contributed by atoms with Gasteiger partial charge in [0, 0.05) is 48.9 Å². The maximum atomic E-state index is 5.75. The van der Waals surface area contributed by atoms with Crippen molar-refractivity contribution >= 4 is 47.5 Å². The van der Waals surface area contributed by atoms with Crippen molar-refractivity contribution in [3.63, 3.8) is 0 Å². The van der Waals surface area contributed by atoms with Gasteiger partial charge in [-0.25, -0.2) is 0 Å². The molecule has 1 fully saturated rings. The minimum absolute atomic E-state index is 0.186. The van der Waals surface area contributed by atoms with E-state index in [1.54, 1.807) is 7.11 Å². The monoisotopic (exact) mass is 1210 g/mol. The number of ether oxygens (including phenoxy) is 2. The lowest BCUT2D eigenvalue weighted by atomic mass is 9.87. The Morgan fingerprint density at radius 2 is 0.581 bits per heavy atom. The molecule has 468 valence electrons. The van der Waals surface area contributed by atoms with Crippen LogP contribution < -0.4 is 28.1 Å². The van der Waals surface area contributed by atoms with Crippen LogP contribution >= 0.6 is 0 Å². The van der Waals surface area contributed by atoms with Gasteiger partial charge in [0.05, 0.1) is 7.11 Å². The summed E-state index contributed by atoms with van der Waals surface area (Å²) in [5, 5.41) is 0. The van der Waals surface area contributed by atoms with Crippen molar-refractivity contribution < 1.29 is 9.47 Å². The highest BCUT2D eigenvalue weighted by Gasteiger charge is 2.35. The number of benzene rings is 7. The number of nitrogens with zero attached hydrogens (tertiary/aromatic N) is 4. The first-order valence-corrected chi connectivity index (χ1v) is 41.8. The van der Waals surface area contributed by atoms with Gasteiger partial charge in [-0.05, 0) is 147 Å². The Morgan fingerprint density at radius 3 is 0.884 bits per heavy atom. The summed E-state index contributed by atoms with van der Waals surface area (Å²) in [5.41, 5.74) is 13.5. The fourth-order valence-corrected chi connectivity index (χ4v) is 21.1. The van der Waals surface area contributed by atoms with Crippen LogP contribution in [0.5, 0.6) is 17.2 Å². The lowest BCUT2D eigenvalue weighted by Crippen LogP contribution is -2.59. The third-order valence-corrected chi connectivity index (χ3v) is 25.1. The van der Waals surface area contributed by atoms with Crippen molar-refractivity contribution in [1.82, 2.24) is 0 Å². The van der Waals surface area contributed by atoms with Gasteiger partial charge in [0.25, 0.3) is 0 Å². The number of para-hydroxylation sites is 2. The molecule has 9 heteroatoms. The minimum atomic E-state index is -1.33. The van der Waals surface area contributed by atoms with Crippen molar-refractivity contribution in [2.45, 2.75) is 190 Å². The average molecular weight is 1210 g/mol. The molecule has 0 unspecified atom stereocenters. The molecule has 1 heterocycles. The SMILES string of the molecule is CC(C)(C)c1ccc(N([Si](C)(C)C)[Si](C)(C)C)cc1.CC(C)(C)c1ccc(N2CCN(c3ccccc3)CC2)cc1.CC(C)(C)c1ccc(Oc2ccccc2)cc1.CN(c1ccc(C(C)(C)C)cc1)[Si](C)(C)C.COc1ccc(C(C)(C)C)cc1. The van der Waals surface area contributed by atoms with E-state index in [1.165, 1.54) is 50.6 Å². The summed E-state index contributed by atoms with van der Waals surface area (Å²) in [5.74, 6) is 2.67. The predicted octanol–water partition coefficient (Wildman–Crippen LogP) is 21.8. The van der Waals surface area contributed by atoms with E-state index >= 15 is 0 Å². The average Bonchev–Trinajstić information content (AvgIpc) is 3.64. The predicted molar refractivity (Wildman–Crippen MR) is 391 cm³/mol. The largest absolute Gasteiger partial charge is 0.497 e. The normalized spacial score (nSPS) is 13.2. The molecule has 0 spiro atoms. The first-order valence-electron chi connectivity index (χ1n) is 31.5. The number of piperazine rings is 1. The van der Waals surface area contributed by atoms with Crippen LogP contribution in [-0.2, 0) is 27.1 Å². The van der Waals surface area contributed by atoms with Crippen molar-refractivity contribution in [3.05, 3.63) is 210 Å². The second-order valence-electron chi connectivity index (χ2n) is 31.3. The van der Waals surface area contributed by atoms with Crippen molar-refractivity contribution in [2.24, 2.45) is 0 Å². The zero-order chi connectivity index (χ0) is 64.7. The van der Waals surface area contributed by atoms with E-state index in [-0.39, 0.29) is 27.1 Å². The van der Waals surface area contributed by atoms with Crippen molar-refractivity contribution in [3.8, 4) is 17.2 Å². The van der Waals surface area contributed by atoms with Gasteiger partial charge in [-0.3, -0.25) is 0 Å². The number of hydrogen-bond donors (Lipinski definition) is 0. The Morgan fingerprint density at radius 1 is 0.314 bits per heavy atom. The maximum Gasteiger partial charge on any atom is 0.147 e. The topological polar surface area (TPSA) is 31.4 Å². The molecule has 0 aliphatic carbocycles. The van der Waals surface area contributed by atoms with Crippen LogP contribution in [0, 0.1) is 0 Å². The maximum absolute atomic E-state index is 5.75. The number of methoxy groups -OCH3 is 1. The zero-order valence-corrected chi connectivity index (χ0v) is 61.8. The molecule has 8 rings (SSSR count). The lowest BCUT2D eigenvalue weighted by Gasteiger charge is -2.46. The molecule has 86 heavy (non-hydrogen) atoms. The van der Waals surface area contributed by atoms with Crippen LogP contribution in [0.1, 0.15) is 132 Å². The molecule has 0 radical (unpaired) electrons. The first kappa shape index (κ1) is 72.5. The van der Waals surface area contributed by atoms with E-state index < -0.39 is 24.7 Å². The summed E-state index contributed by atoms with van der Waals surface area (Å²) in [6.45, 7) is 59.7. The van der Waals surface area contributed by atoms with Crippen LogP contribution in [0.2, 0.25) is 58.9 Å². The summed E-state index contributed by atoms with van der Waals surface area (Å²) in [6, 6.07) is 64.5. The molecular weight excluding hydrogens is 1100 g/mol. The standard InChI is InChI=1S/C20H26N2.C16H31NSi2.C16H18O.C14H25NSi.C11H16O/c1-20(2,3)17-9-11-19(12-10-17)22-15-13-21(14-16-22)18-7-5-4-6-8-18;1-16(2,3)14-10-12-15(13-11-14)17(18(4,5)6)19(7,8)9;1-16(2,3)13-9-11-15(12-10-13)17-14-7-5-4-6-8-14;1-14(2,3)12-8-10-13(11-9-12)15(4)16(5,6)7;1-11(2,3)9-5-7-10(12-4)8-6-9/h4-12H,13-16H2,1-3H3;10-13H,1-9H3;4-12H,1-3H3;8-11H,1-7H3;5-8H,1-4H3. The number of hydrogen-bond acceptors (Lipinski definition) is 6. The summed E-state index contributed by atoms with van der Waals surface area (Å²) >= 11 is 0. The molecule has 0 bridgehead atoms. The first-order chi connectivity index (χ1) is 39.6. The van der Waals surface area contributed by atoms with E-state index in [1.807, 2.05) is 54.6 Å². The van der Waals surface area contributed by atoms with Gasteiger partial charge >= 0.3 is 0 Å². The Balaban J connectivity index is 0.000000233. The van der Waals surface area contributed by atoms with Gasteiger partial charge in [0.1, 0.15) is 42.0 Å². The summed E-state index contributed by atoms with van der Waals surface area (Å²) < 4.78 is 16.0. The van der Waals surface area contributed by atoms with Crippen molar-refractivity contribution in [1.29, 1.82) is 0 Å². The molecule has 6 nitrogen and oxygen atoms in total. The zero-order valence-electron chi connectivity index (χ0n) is 58.8. The second-order valence-corrected chi connectivity index (χ2v) is 46.3. The van der Waals surface area contributed by atoms with Gasteiger partial charge in [-0.1, -0.05) is 260 Å². The van der Waals surface area contributed by atoms with Crippen LogP contribution in [0.4, 0.5) is 22.7 Å². The van der Waals surface area contributed by atoms with Crippen LogP contribution in [0.3, 0.4) is 0 Å². The summed E-state index contributed by atoms with van der Waals surface area (Å²) in [4.78, 5) is 4.96. The van der Waals surface area contributed by atoms with Crippen LogP contribution in [0.25, 0.3) is 0 Å². The highest BCUT2D eigenvalue weighted by molar-refractivity contribution is 6.99. The molecule has 7 aromatic carbocycles. The van der Waals surface area contributed by atoms with E-state index in [0.717, 1.165) is 43.4 Å². The minimum Gasteiger partial charge on any atom is -0.497 e. The van der Waals surface area contributed by atoms with E-state index in [4.69, 9.17) is 9.47 Å². The Labute approximate surface area is 529 Å². The molecule has 7 aromatic rings. The second kappa shape index (κ2) is 30.3. The number of anilines is 4. The molecule has 0 N–H and O–H groups in total. The smallest absolute Gasteiger partial charge is 0.147 e. The van der Waals surface area contributed by atoms with Gasteiger partial charge in [0.15, 0.2) is 0 Å². The molecule has 0 amide bonds. The van der Waals surface area contributed by atoms with Gasteiger partial charge in [-0.15, -0.1) is 0 Å². The Kier molecular flexibility index (Phi) is 25.5. The molecule has 0 aromatic heterocycles. The molecule has 1 aliphatic heterocycles.